The zero-order valence-electron chi connectivity index (χ0n) is 11.6. The van der Waals surface area contributed by atoms with Crippen molar-refractivity contribution >= 4 is 23.1 Å². The molecule has 0 saturated heterocycles. The lowest BCUT2D eigenvalue weighted by Crippen LogP contribution is -1.83. The Morgan fingerprint density at radius 1 is 0.476 bits per heavy atom. The Morgan fingerprint density at radius 3 is 1.05 bits per heavy atom. The van der Waals surface area contributed by atoms with Gasteiger partial charge in [-0.15, -0.1) is 0 Å². The molecule has 0 atom stereocenters. The Balaban J connectivity index is 0.000000225. The van der Waals surface area contributed by atoms with Crippen LogP contribution >= 0.6 is 11.8 Å². The number of anilines is 2. The Bertz CT molecular complexity index is 564. The average Bonchev–Trinajstić information content (AvgIpc) is 2.54. The molecule has 0 aliphatic rings. The first-order valence-electron chi connectivity index (χ1n) is 6.63. The van der Waals surface area contributed by atoms with Crippen LogP contribution in [0.1, 0.15) is 0 Å². The molecular formula is C18H18N2S. The Morgan fingerprint density at radius 2 is 0.762 bits per heavy atom. The van der Waals surface area contributed by atoms with E-state index in [4.69, 9.17) is 11.5 Å². The third-order valence-corrected chi connectivity index (χ3v) is 3.68. The molecule has 3 heteroatoms. The normalized spacial score (nSPS) is 9.52. The van der Waals surface area contributed by atoms with Crippen LogP contribution in [0.5, 0.6) is 0 Å². The molecule has 3 rings (SSSR count). The summed E-state index contributed by atoms with van der Waals surface area (Å²) in [5, 5.41) is 0. The molecule has 0 amide bonds. The summed E-state index contributed by atoms with van der Waals surface area (Å²) in [4.78, 5) is 2.35. The average molecular weight is 294 g/mol. The topological polar surface area (TPSA) is 52.0 Å². The van der Waals surface area contributed by atoms with Crippen LogP contribution in [-0.4, -0.2) is 0 Å². The van der Waals surface area contributed by atoms with Gasteiger partial charge in [0.1, 0.15) is 0 Å². The molecule has 0 spiro atoms. The molecule has 0 bridgehead atoms. The highest BCUT2D eigenvalue weighted by molar-refractivity contribution is 7.99. The van der Waals surface area contributed by atoms with E-state index in [0.717, 1.165) is 11.4 Å². The summed E-state index contributed by atoms with van der Waals surface area (Å²) >= 11 is 1.69. The Kier molecular flexibility index (Phi) is 5.73. The van der Waals surface area contributed by atoms with Gasteiger partial charge in [0.25, 0.3) is 0 Å². The highest BCUT2D eigenvalue weighted by Crippen LogP contribution is 2.28. The van der Waals surface area contributed by atoms with Gasteiger partial charge < -0.3 is 11.5 Å². The van der Waals surface area contributed by atoms with Crippen molar-refractivity contribution in [2.24, 2.45) is 0 Å². The number of rotatable bonds is 2. The molecule has 0 unspecified atom stereocenters. The van der Waals surface area contributed by atoms with Gasteiger partial charge in [-0.25, -0.2) is 0 Å². The molecule has 0 radical (unpaired) electrons. The quantitative estimate of drug-likeness (QED) is 0.674. The standard InChI is InChI=1S/C12H12N2S.C6H6/c13-9-1-5-11(6-2-9)15-12-7-3-10(14)4-8-12;1-2-4-6-5-3-1/h1-8H,13-14H2;1-6H. The monoisotopic (exact) mass is 294 g/mol. The van der Waals surface area contributed by atoms with Crippen LogP contribution in [0.3, 0.4) is 0 Å². The van der Waals surface area contributed by atoms with Crippen molar-refractivity contribution in [3.05, 3.63) is 84.9 Å². The first-order chi connectivity index (χ1) is 10.2. The lowest BCUT2D eigenvalue weighted by atomic mass is 10.3. The van der Waals surface area contributed by atoms with E-state index in [9.17, 15) is 0 Å². The lowest BCUT2D eigenvalue weighted by molar-refractivity contribution is 1.41. The minimum absolute atomic E-state index is 0.789. The smallest absolute Gasteiger partial charge is 0.0314 e. The van der Waals surface area contributed by atoms with E-state index in [1.165, 1.54) is 9.79 Å². The van der Waals surface area contributed by atoms with Gasteiger partial charge in [-0.05, 0) is 48.5 Å². The third-order valence-electron chi connectivity index (χ3n) is 2.66. The van der Waals surface area contributed by atoms with Gasteiger partial charge in [0.15, 0.2) is 0 Å². The fourth-order valence-corrected chi connectivity index (χ4v) is 2.41. The molecule has 2 nitrogen and oxygen atoms in total. The van der Waals surface area contributed by atoms with E-state index in [-0.39, 0.29) is 0 Å². The third kappa shape index (κ3) is 5.63. The van der Waals surface area contributed by atoms with Crippen LogP contribution in [0, 0.1) is 0 Å². The van der Waals surface area contributed by atoms with E-state index >= 15 is 0 Å². The molecule has 0 aliphatic heterocycles. The fraction of sp³-hybridized carbons (Fsp3) is 0. The maximum Gasteiger partial charge on any atom is 0.0314 e. The summed E-state index contributed by atoms with van der Waals surface area (Å²) in [6.45, 7) is 0. The van der Waals surface area contributed by atoms with Crippen LogP contribution in [0.25, 0.3) is 0 Å². The molecule has 4 N–H and O–H groups in total. The fourth-order valence-electron chi connectivity index (χ4n) is 1.59. The van der Waals surface area contributed by atoms with Crippen molar-refractivity contribution in [2.75, 3.05) is 11.5 Å². The number of hydrogen-bond donors (Lipinski definition) is 2. The maximum atomic E-state index is 5.61. The SMILES string of the molecule is Nc1ccc(Sc2ccc(N)cc2)cc1.c1ccccc1. The van der Waals surface area contributed by atoms with Gasteiger partial charge in [-0.1, -0.05) is 48.2 Å². The minimum atomic E-state index is 0.789. The van der Waals surface area contributed by atoms with E-state index in [2.05, 4.69) is 0 Å². The molecule has 0 aromatic heterocycles. The lowest BCUT2D eigenvalue weighted by Gasteiger charge is -2.02. The van der Waals surface area contributed by atoms with Crippen LogP contribution in [-0.2, 0) is 0 Å². The second kappa shape index (κ2) is 8.02. The Labute approximate surface area is 129 Å². The molecule has 0 saturated carbocycles. The summed E-state index contributed by atoms with van der Waals surface area (Å²) in [6.07, 6.45) is 0. The second-order valence-electron chi connectivity index (χ2n) is 4.39. The van der Waals surface area contributed by atoms with Gasteiger partial charge in [-0.3, -0.25) is 0 Å². The summed E-state index contributed by atoms with van der Waals surface area (Å²) in [7, 11) is 0. The van der Waals surface area contributed by atoms with Gasteiger partial charge in [0, 0.05) is 21.2 Å². The van der Waals surface area contributed by atoms with Gasteiger partial charge in [0.2, 0.25) is 0 Å². The minimum Gasteiger partial charge on any atom is -0.399 e. The number of hydrogen-bond acceptors (Lipinski definition) is 3. The summed E-state index contributed by atoms with van der Waals surface area (Å²) in [5.74, 6) is 0. The molecule has 0 heterocycles. The van der Waals surface area contributed by atoms with Crippen LogP contribution in [0.15, 0.2) is 94.7 Å². The summed E-state index contributed by atoms with van der Waals surface area (Å²) < 4.78 is 0. The van der Waals surface area contributed by atoms with E-state index in [1.54, 1.807) is 11.8 Å². The molecular weight excluding hydrogens is 276 g/mol. The van der Waals surface area contributed by atoms with Crippen molar-refractivity contribution in [3.8, 4) is 0 Å². The first kappa shape index (κ1) is 15.0. The van der Waals surface area contributed by atoms with Crippen molar-refractivity contribution in [2.45, 2.75) is 9.79 Å². The van der Waals surface area contributed by atoms with Crippen molar-refractivity contribution < 1.29 is 0 Å². The highest BCUT2D eigenvalue weighted by Gasteiger charge is 1.96. The maximum absolute atomic E-state index is 5.61. The van der Waals surface area contributed by atoms with Gasteiger partial charge in [-0.2, -0.15) is 0 Å². The molecule has 0 aliphatic carbocycles. The summed E-state index contributed by atoms with van der Waals surface area (Å²) in [6, 6.07) is 27.7. The largest absolute Gasteiger partial charge is 0.399 e. The number of benzene rings is 3. The molecule has 106 valence electrons. The molecule has 21 heavy (non-hydrogen) atoms. The van der Waals surface area contributed by atoms with Crippen LogP contribution in [0.4, 0.5) is 11.4 Å². The first-order valence-corrected chi connectivity index (χ1v) is 7.44. The van der Waals surface area contributed by atoms with Crippen LogP contribution < -0.4 is 11.5 Å². The predicted octanol–water partition coefficient (Wildman–Crippen LogP) is 4.69. The predicted molar refractivity (Wildman–Crippen MR) is 92.3 cm³/mol. The van der Waals surface area contributed by atoms with Gasteiger partial charge >= 0.3 is 0 Å². The summed E-state index contributed by atoms with van der Waals surface area (Å²) in [5.41, 5.74) is 12.8. The van der Waals surface area contributed by atoms with E-state index in [1.807, 2.05) is 84.9 Å². The van der Waals surface area contributed by atoms with E-state index in [0.29, 0.717) is 0 Å². The molecule has 3 aromatic rings. The van der Waals surface area contributed by atoms with Crippen molar-refractivity contribution in [1.82, 2.24) is 0 Å². The number of nitrogen functional groups attached to an aromatic ring is 2. The van der Waals surface area contributed by atoms with Crippen molar-refractivity contribution in [1.29, 1.82) is 0 Å². The van der Waals surface area contributed by atoms with E-state index < -0.39 is 0 Å². The second-order valence-corrected chi connectivity index (χ2v) is 5.54. The van der Waals surface area contributed by atoms with Crippen molar-refractivity contribution in [3.63, 3.8) is 0 Å². The number of nitrogens with two attached hydrogens (primary N) is 2. The highest BCUT2D eigenvalue weighted by atomic mass is 32.2. The van der Waals surface area contributed by atoms with Crippen LogP contribution in [0.2, 0.25) is 0 Å². The Hall–Kier alpha value is -2.39. The zero-order valence-corrected chi connectivity index (χ0v) is 12.5. The van der Waals surface area contributed by atoms with Gasteiger partial charge in [0.05, 0.1) is 0 Å². The molecule has 0 fully saturated rings. The molecule has 3 aromatic carbocycles. The zero-order chi connectivity index (χ0) is 14.9.